The van der Waals surface area contributed by atoms with Crippen molar-refractivity contribution in [3.05, 3.63) is 0 Å². The van der Waals surface area contributed by atoms with Crippen LogP contribution in [-0.2, 0) is 28.8 Å². The van der Waals surface area contributed by atoms with E-state index in [2.05, 4.69) is 10.6 Å². The molecule has 5 amide bonds. The zero-order valence-corrected chi connectivity index (χ0v) is 18.6. The predicted octanol–water partition coefficient (Wildman–Crippen LogP) is -3.14. The average Bonchev–Trinajstić information content (AvgIpc) is 3.18. The van der Waals surface area contributed by atoms with Crippen LogP contribution in [0.4, 0.5) is 0 Å². The number of nitrogens with one attached hydrogen (secondary N) is 2. The molecule has 180 valence electrons. The standard InChI is InChI=1S/C18H30N6O7S/c1-32-6-4-10(18(30)31)22-16(28)12-3-2-5-24(12)17(29)11(8-14(21)26)23-15(27)9(19)7-13(20)25/h9-12H,2-8,19H2,1H3,(H2,20,25)(H2,21,26)(H,22,28)(H,23,27)(H,30,31). The van der Waals surface area contributed by atoms with Gasteiger partial charge in [0.2, 0.25) is 29.5 Å². The highest BCUT2D eigenvalue weighted by atomic mass is 32.2. The Morgan fingerprint density at radius 2 is 1.69 bits per heavy atom. The molecule has 0 aromatic carbocycles. The Balaban J connectivity index is 2.94. The van der Waals surface area contributed by atoms with Crippen LogP contribution in [0.5, 0.6) is 0 Å². The van der Waals surface area contributed by atoms with Crippen molar-refractivity contribution in [2.45, 2.75) is 56.3 Å². The molecule has 0 bridgehead atoms. The Bertz CT molecular complexity index is 749. The summed E-state index contributed by atoms with van der Waals surface area (Å²) in [5.41, 5.74) is 15.8. The van der Waals surface area contributed by atoms with Crippen molar-refractivity contribution in [3.8, 4) is 0 Å². The lowest BCUT2D eigenvalue weighted by molar-refractivity contribution is -0.145. The van der Waals surface area contributed by atoms with Crippen LogP contribution in [0.1, 0.15) is 32.1 Å². The van der Waals surface area contributed by atoms with Gasteiger partial charge in [-0.05, 0) is 31.3 Å². The number of nitrogens with zero attached hydrogens (tertiary/aromatic N) is 1. The number of carboxylic acid groups (broad SMARTS) is 1. The molecule has 0 aliphatic carbocycles. The summed E-state index contributed by atoms with van der Waals surface area (Å²) in [5.74, 6) is -4.64. The molecule has 0 aromatic rings. The molecule has 0 spiro atoms. The Labute approximate surface area is 189 Å². The van der Waals surface area contributed by atoms with Gasteiger partial charge in [-0.3, -0.25) is 24.0 Å². The quantitative estimate of drug-likeness (QED) is 0.158. The molecule has 1 heterocycles. The number of nitrogens with two attached hydrogens (primary N) is 3. The van der Waals surface area contributed by atoms with Gasteiger partial charge in [0.15, 0.2) is 0 Å². The van der Waals surface area contributed by atoms with E-state index >= 15 is 0 Å². The van der Waals surface area contributed by atoms with Gasteiger partial charge in [-0.15, -0.1) is 0 Å². The Hall–Kier alpha value is -2.87. The van der Waals surface area contributed by atoms with E-state index in [0.717, 1.165) is 0 Å². The minimum Gasteiger partial charge on any atom is -0.480 e. The molecule has 1 saturated heterocycles. The summed E-state index contributed by atoms with van der Waals surface area (Å²) in [6.45, 7) is 0.165. The Kier molecular flexibility index (Phi) is 10.9. The van der Waals surface area contributed by atoms with Gasteiger partial charge < -0.3 is 37.8 Å². The molecule has 0 aromatic heterocycles. The number of likely N-dealkylation sites (tertiary alicyclic amines) is 1. The lowest BCUT2D eigenvalue weighted by Crippen LogP contribution is -2.57. The highest BCUT2D eigenvalue weighted by Gasteiger charge is 2.39. The maximum atomic E-state index is 13.0. The molecule has 32 heavy (non-hydrogen) atoms. The smallest absolute Gasteiger partial charge is 0.326 e. The summed E-state index contributed by atoms with van der Waals surface area (Å²) in [7, 11) is 0. The fourth-order valence-corrected chi connectivity index (χ4v) is 3.73. The van der Waals surface area contributed by atoms with Gasteiger partial charge in [0.1, 0.15) is 18.1 Å². The molecule has 1 rings (SSSR count). The van der Waals surface area contributed by atoms with Gasteiger partial charge in [0.05, 0.1) is 18.9 Å². The minimum absolute atomic E-state index is 0.165. The molecule has 1 fully saturated rings. The maximum absolute atomic E-state index is 13.0. The number of hydrogen-bond acceptors (Lipinski definition) is 8. The summed E-state index contributed by atoms with van der Waals surface area (Å²) >= 11 is 1.43. The number of carbonyl (C=O) groups excluding carboxylic acids is 5. The van der Waals surface area contributed by atoms with Gasteiger partial charge >= 0.3 is 5.97 Å². The zero-order chi connectivity index (χ0) is 24.4. The number of carbonyl (C=O) groups is 6. The summed E-state index contributed by atoms with van der Waals surface area (Å²) in [5, 5.41) is 14.0. The van der Waals surface area contributed by atoms with Crippen LogP contribution < -0.4 is 27.8 Å². The third kappa shape index (κ3) is 8.34. The van der Waals surface area contributed by atoms with Crippen molar-refractivity contribution in [3.63, 3.8) is 0 Å². The van der Waals surface area contributed by atoms with Gasteiger partial charge in [0.25, 0.3) is 0 Å². The summed E-state index contributed by atoms with van der Waals surface area (Å²) < 4.78 is 0. The van der Waals surface area contributed by atoms with Crippen LogP contribution in [0.25, 0.3) is 0 Å². The molecular weight excluding hydrogens is 444 g/mol. The molecule has 14 heteroatoms. The summed E-state index contributed by atoms with van der Waals surface area (Å²) in [6.07, 6.45) is 1.74. The van der Waals surface area contributed by atoms with Gasteiger partial charge in [-0.25, -0.2) is 4.79 Å². The zero-order valence-electron chi connectivity index (χ0n) is 17.7. The number of amides is 5. The first-order valence-electron chi connectivity index (χ1n) is 9.93. The van der Waals surface area contributed by atoms with Crippen molar-refractivity contribution >= 4 is 47.3 Å². The molecular formula is C18H30N6O7S. The van der Waals surface area contributed by atoms with Crippen LogP contribution in [0.15, 0.2) is 0 Å². The monoisotopic (exact) mass is 474 g/mol. The van der Waals surface area contributed by atoms with E-state index in [-0.39, 0.29) is 19.4 Å². The second kappa shape index (κ2) is 12.9. The molecule has 13 nitrogen and oxygen atoms in total. The summed E-state index contributed by atoms with van der Waals surface area (Å²) in [4.78, 5) is 73.0. The summed E-state index contributed by atoms with van der Waals surface area (Å²) in [6, 6.07) is -4.81. The van der Waals surface area contributed by atoms with Crippen LogP contribution in [0.3, 0.4) is 0 Å². The van der Waals surface area contributed by atoms with E-state index in [1.54, 1.807) is 6.26 Å². The average molecular weight is 475 g/mol. The fraction of sp³-hybridized carbons (Fsp3) is 0.667. The van der Waals surface area contributed by atoms with Crippen LogP contribution in [-0.4, -0.2) is 88.2 Å². The number of thioether (sulfide) groups is 1. The first kappa shape index (κ1) is 27.2. The van der Waals surface area contributed by atoms with E-state index in [4.69, 9.17) is 17.2 Å². The van der Waals surface area contributed by atoms with Crippen molar-refractivity contribution in [2.75, 3.05) is 18.6 Å². The van der Waals surface area contributed by atoms with Gasteiger partial charge in [-0.2, -0.15) is 11.8 Å². The molecule has 4 unspecified atom stereocenters. The maximum Gasteiger partial charge on any atom is 0.326 e. The minimum atomic E-state index is -1.40. The second-order valence-corrected chi connectivity index (χ2v) is 8.36. The van der Waals surface area contributed by atoms with Crippen molar-refractivity contribution in [2.24, 2.45) is 17.2 Å². The van der Waals surface area contributed by atoms with E-state index in [0.29, 0.717) is 12.2 Å². The number of carboxylic acids is 1. The highest BCUT2D eigenvalue weighted by molar-refractivity contribution is 7.98. The topological polar surface area (TPSA) is 228 Å². The van der Waals surface area contributed by atoms with E-state index in [9.17, 15) is 33.9 Å². The molecule has 9 N–H and O–H groups in total. The lowest BCUT2D eigenvalue weighted by atomic mass is 10.1. The van der Waals surface area contributed by atoms with Crippen LogP contribution in [0, 0.1) is 0 Å². The van der Waals surface area contributed by atoms with Gasteiger partial charge in [-0.1, -0.05) is 0 Å². The van der Waals surface area contributed by atoms with Crippen LogP contribution in [0.2, 0.25) is 0 Å². The third-order valence-corrected chi connectivity index (χ3v) is 5.49. The number of rotatable bonds is 13. The number of aliphatic carboxylic acids is 1. The third-order valence-electron chi connectivity index (χ3n) is 4.84. The van der Waals surface area contributed by atoms with Crippen molar-refractivity contribution in [1.29, 1.82) is 0 Å². The SMILES string of the molecule is CSCCC(NC(=O)C1CCCN1C(=O)C(CC(N)=O)NC(=O)C(N)CC(N)=O)C(=O)O. The number of primary amides is 2. The van der Waals surface area contributed by atoms with E-state index < -0.39 is 72.5 Å². The molecule has 0 saturated carbocycles. The van der Waals surface area contributed by atoms with E-state index in [1.807, 2.05) is 0 Å². The first-order valence-corrected chi connectivity index (χ1v) is 11.3. The molecule has 0 radical (unpaired) electrons. The normalized spacial score (nSPS) is 18.3. The highest BCUT2D eigenvalue weighted by Crippen LogP contribution is 2.20. The Morgan fingerprint density at radius 1 is 1.06 bits per heavy atom. The van der Waals surface area contributed by atoms with Crippen LogP contribution >= 0.6 is 11.8 Å². The second-order valence-electron chi connectivity index (χ2n) is 7.38. The van der Waals surface area contributed by atoms with E-state index in [1.165, 1.54) is 16.7 Å². The lowest BCUT2D eigenvalue weighted by Gasteiger charge is -2.29. The van der Waals surface area contributed by atoms with Gasteiger partial charge in [0, 0.05) is 6.54 Å². The fourth-order valence-electron chi connectivity index (χ4n) is 3.25. The number of hydrogen-bond donors (Lipinski definition) is 6. The molecule has 1 aliphatic rings. The van der Waals surface area contributed by atoms with Crippen molar-refractivity contribution < 1.29 is 33.9 Å². The molecule has 4 atom stereocenters. The predicted molar refractivity (Wildman–Crippen MR) is 115 cm³/mol. The first-order chi connectivity index (χ1) is 15.0. The van der Waals surface area contributed by atoms with Crippen molar-refractivity contribution in [1.82, 2.24) is 15.5 Å². The Morgan fingerprint density at radius 3 is 2.22 bits per heavy atom. The largest absolute Gasteiger partial charge is 0.480 e. The molecule has 1 aliphatic heterocycles.